The van der Waals surface area contributed by atoms with Crippen LogP contribution in [0.3, 0.4) is 0 Å². The predicted octanol–water partition coefficient (Wildman–Crippen LogP) is 3.68. The minimum atomic E-state index is 0.616. The lowest BCUT2D eigenvalue weighted by atomic mass is 10.3. The molecule has 0 bridgehead atoms. The van der Waals surface area contributed by atoms with Crippen LogP contribution in [-0.4, -0.2) is 11.5 Å². The molecule has 0 aliphatic heterocycles. The zero-order valence-electron chi connectivity index (χ0n) is 7.67. The molecule has 0 spiro atoms. The molecular weight excluding hydrogens is 271 g/mol. The SMILES string of the molecule is NCCc1nc(-c2cc(Cl)sc2Cl)cs1. The van der Waals surface area contributed by atoms with E-state index in [1.807, 2.05) is 11.4 Å². The summed E-state index contributed by atoms with van der Waals surface area (Å²) >= 11 is 14.9. The van der Waals surface area contributed by atoms with E-state index in [2.05, 4.69) is 4.98 Å². The van der Waals surface area contributed by atoms with E-state index in [1.54, 1.807) is 11.3 Å². The first-order valence-electron chi connectivity index (χ1n) is 4.30. The number of nitrogens with zero attached hydrogens (tertiary/aromatic N) is 1. The van der Waals surface area contributed by atoms with Crippen LogP contribution in [0, 0.1) is 0 Å². The number of nitrogens with two attached hydrogens (primary N) is 1. The second-order valence-electron chi connectivity index (χ2n) is 2.90. The molecule has 2 nitrogen and oxygen atoms in total. The lowest BCUT2D eigenvalue weighted by Crippen LogP contribution is -2.01. The molecule has 0 aromatic carbocycles. The summed E-state index contributed by atoms with van der Waals surface area (Å²) in [5.74, 6) is 0. The zero-order valence-corrected chi connectivity index (χ0v) is 10.8. The summed E-state index contributed by atoms with van der Waals surface area (Å²) in [6, 6.07) is 1.84. The Labute approximate surface area is 106 Å². The fourth-order valence-electron chi connectivity index (χ4n) is 1.19. The maximum atomic E-state index is 6.04. The average Bonchev–Trinajstić information content (AvgIpc) is 2.73. The minimum absolute atomic E-state index is 0.616. The molecule has 0 saturated heterocycles. The Bertz CT molecular complexity index is 464. The van der Waals surface area contributed by atoms with Gasteiger partial charge in [0.1, 0.15) is 4.34 Å². The molecule has 0 fully saturated rings. The van der Waals surface area contributed by atoms with Crippen LogP contribution in [0.1, 0.15) is 5.01 Å². The number of halogens is 2. The van der Waals surface area contributed by atoms with Gasteiger partial charge in [-0.1, -0.05) is 23.2 Å². The highest BCUT2D eigenvalue weighted by Gasteiger charge is 2.11. The Kier molecular flexibility index (Phi) is 3.64. The lowest BCUT2D eigenvalue weighted by molar-refractivity contribution is 0.954. The molecule has 2 rings (SSSR count). The Hall–Kier alpha value is -0.130. The van der Waals surface area contributed by atoms with Crippen LogP contribution in [0.15, 0.2) is 11.4 Å². The molecule has 2 aromatic heterocycles. The molecule has 0 unspecified atom stereocenters. The van der Waals surface area contributed by atoms with Gasteiger partial charge < -0.3 is 5.73 Å². The summed E-state index contributed by atoms with van der Waals surface area (Å²) in [6.45, 7) is 0.616. The monoisotopic (exact) mass is 278 g/mol. The number of thiazole rings is 1. The Morgan fingerprint density at radius 2 is 2.20 bits per heavy atom. The van der Waals surface area contributed by atoms with Gasteiger partial charge in [-0.15, -0.1) is 22.7 Å². The zero-order chi connectivity index (χ0) is 10.8. The standard InChI is InChI=1S/C9H8Cl2N2S2/c10-7-3-5(9(11)15-7)6-4-14-8(13-6)1-2-12/h3-4H,1-2,12H2. The van der Waals surface area contributed by atoms with Gasteiger partial charge in [0.15, 0.2) is 0 Å². The van der Waals surface area contributed by atoms with Gasteiger partial charge in [0.05, 0.1) is 15.0 Å². The molecule has 0 atom stereocenters. The topological polar surface area (TPSA) is 38.9 Å². The number of hydrogen-bond acceptors (Lipinski definition) is 4. The molecule has 80 valence electrons. The Morgan fingerprint density at radius 3 is 2.80 bits per heavy atom. The Balaban J connectivity index is 2.32. The van der Waals surface area contributed by atoms with E-state index in [0.29, 0.717) is 15.2 Å². The van der Waals surface area contributed by atoms with Gasteiger partial charge in [-0.05, 0) is 12.6 Å². The van der Waals surface area contributed by atoms with Crippen molar-refractivity contribution in [2.75, 3.05) is 6.54 Å². The van der Waals surface area contributed by atoms with Gasteiger partial charge in [-0.2, -0.15) is 0 Å². The maximum absolute atomic E-state index is 6.04. The van der Waals surface area contributed by atoms with Crippen LogP contribution in [0.4, 0.5) is 0 Å². The van der Waals surface area contributed by atoms with Crippen molar-refractivity contribution in [2.24, 2.45) is 5.73 Å². The van der Waals surface area contributed by atoms with Crippen molar-refractivity contribution < 1.29 is 0 Å². The number of hydrogen-bond donors (Lipinski definition) is 1. The van der Waals surface area contributed by atoms with Crippen LogP contribution >= 0.6 is 45.9 Å². The second kappa shape index (κ2) is 4.80. The van der Waals surface area contributed by atoms with Crippen LogP contribution in [0.25, 0.3) is 11.3 Å². The molecule has 0 amide bonds. The second-order valence-corrected chi connectivity index (χ2v) is 6.13. The van der Waals surface area contributed by atoms with E-state index in [9.17, 15) is 0 Å². The first-order chi connectivity index (χ1) is 7.20. The van der Waals surface area contributed by atoms with E-state index in [0.717, 1.165) is 22.7 Å². The largest absolute Gasteiger partial charge is 0.330 e. The first kappa shape index (κ1) is 11.4. The summed E-state index contributed by atoms with van der Waals surface area (Å²) in [4.78, 5) is 4.45. The predicted molar refractivity (Wildman–Crippen MR) is 68.2 cm³/mol. The van der Waals surface area contributed by atoms with Gasteiger partial charge in [0.2, 0.25) is 0 Å². The smallest absolute Gasteiger partial charge is 0.104 e. The molecular formula is C9H8Cl2N2S2. The highest BCUT2D eigenvalue weighted by atomic mass is 35.5. The molecule has 0 aliphatic carbocycles. The van der Waals surface area contributed by atoms with E-state index in [1.165, 1.54) is 11.3 Å². The maximum Gasteiger partial charge on any atom is 0.104 e. The molecule has 0 saturated carbocycles. The first-order valence-corrected chi connectivity index (χ1v) is 6.75. The molecule has 15 heavy (non-hydrogen) atoms. The van der Waals surface area contributed by atoms with Crippen LogP contribution in [0.5, 0.6) is 0 Å². The van der Waals surface area contributed by atoms with E-state index in [-0.39, 0.29) is 0 Å². The minimum Gasteiger partial charge on any atom is -0.330 e. The van der Waals surface area contributed by atoms with Gasteiger partial charge >= 0.3 is 0 Å². The van der Waals surface area contributed by atoms with Crippen molar-refractivity contribution in [3.05, 3.63) is 25.1 Å². The molecule has 6 heteroatoms. The van der Waals surface area contributed by atoms with Crippen molar-refractivity contribution in [1.82, 2.24) is 4.98 Å². The summed E-state index contributed by atoms with van der Waals surface area (Å²) in [5, 5.41) is 3.01. The molecule has 0 radical (unpaired) electrons. The third kappa shape index (κ3) is 2.52. The highest BCUT2D eigenvalue weighted by Crippen LogP contribution is 2.38. The van der Waals surface area contributed by atoms with Crippen LogP contribution in [-0.2, 0) is 6.42 Å². The number of rotatable bonds is 3. The van der Waals surface area contributed by atoms with E-state index >= 15 is 0 Å². The molecule has 2 aromatic rings. The van der Waals surface area contributed by atoms with Gasteiger partial charge in [0, 0.05) is 17.4 Å². The van der Waals surface area contributed by atoms with Crippen molar-refractivity contribution in [2.45, 2.75) is 6.42 Å². The molecule has 0 aliphatic rings. The van der Waals surface area contributed by atoms with Crippen molar-refractivity contribution in [1.29, 1.82) is 0 Å². The fraction of sp³-hybridized carbons (Fsp3) is 0.222. The van der Waals surface area contributed by atoms with Crippen molar-refractivity contribution in [3.63, 3.8) is 0 Å². The number of thiophene rings is 1. The normalized spacial score (nSPS) is 10.9. The fourth-order valence-corrected chi connectivity index (χ4v) is 3.48. The summed E-state index contributed by atoms with van der Waals surface area (Å²) < 4.78 is 1.37. The molecule has 2 heterocycles. The third-order valence-corrected chi connectivity index (χ3v) is 4.24. The third-order valence-electron chi connectivity index (χ3n) is 1.84. The van der Waals surface area contributed by atoms with Crippen LogP contribution in [0.2, 0.25) is 8.67 Å². The average molecular weight is 279 g/mol. The van der Waals surface area contributed by atoms with E-state index in [4.69, 9.17) is 28.9 Å². The summed E-state index contributed by atoms with van der Waals surface area (Å²) in [6.07, 6.45) is 0.806. The van der Waals surface area contributed by atoms with Gasteiger partial charge in [0.25, 0.3) is 0 Å². The summed E-state index contributed by atoms with van der Waals surface area (Å²) in [5.41, 5.74) is 7.26. The lowest BCUT2D eigenvalue weighted by Gasteiger charge is -1.91. The van der Waals surface area contributed by atoms with Crippen LogP contribution < -0.4 is 5.73 Å². The van der Waals surface area contributed by atoms with Crippen molar-refractivity contribution in [3.8, 4) is 11.3 Å². The molecule has 2 N–H and O–H groups in total. The van der Waals surface area contributed by atoms with Crippen molar-refractivity contribution >= 4 is 45.9 Å². The Morgan fingerprint density at radius 1 is 1.40 bits per heavy atom. The highest BCUT2D eigenvalue weighted by molar-refractivity contribution is 7.20. The van der Waals surface area contributed by atoms with E-state index < -0.39 is 0 Å². The van der Waals surface area contributed by atoms with Gasteiger partial charge in [-0.3, -0.25) is 0 Å². The quantitative estimate of drug-likeness (QED) is 0.930. The summed E-state index contributed by atoms with van der Waals surface area (Å²) in [7, 11) is 0. The van der Waals surface area contributed by atoms with Gasteiger partial charge in [-0.25, -0.2) is 4.98 Å². The number of aromatic nitrogens is 1.